The Morgan fingerprint density at radius 1 is 1.15 bits per heavy atom. The van der Waals surface area contributed by atoms with Gasteiger partial charge in [-0.05, 0) is 37.3 Å². The van der Waals surface area contributed by atoms with Crippen molar-refractivity contribution in [2.45, 2.75) is 20.3 Å². The molecule has 0 fully saturated rings. The van der Waals surface area contributed by atoms with Crippen LogP contribution in [0.4, 0.5) is 5.69 Å². The number of rotatable bonds is 5. The lowest BCUT2D eigenvalue weighted by atomic mass is 10.0. The molecule has 0 aliphatic heterocycles. The van der Waals surface area contributed by atoms with E-state index in [-0.39, 0.29) is 0 Å². The molecule has 0 amide bonds. The van der Waals surface area contributed by atoms with Gasteiger partial charge in [0.2, 0.25) is 0 Å². The van der Waals surface area contributed by atoms with E-state index in [1.54, 1.807) is 6.08 Å². The molecule has 0 aromatic heterocycles. The standard InChI is InChI=1S/C19H21N/c1-4-5-6-7-10-16(3)20-19-14-13-15(2)17-11-8-9-12-18(17)19/h4-6,8-14,20H,1,7H2,2-3H3/b6-5-,16-10+. The minimum absolute atomic E-state index is 0.911. The molecule has 2 aromatic carbocycles. The van der Waals surface area contributed by atoms with Crippen molar-refractivity contribution < 1.29 is 0 Å². The zero-order chi connectivity index (χ0) is 14.4. The number of aryl methyl sites for hydroxylation is 1. The maximum Gasteiger partial charge on any atom is 0.0461 e. The number of anilines is 1. The lowest BCUT2D eigenvalue weighted by Gasteiger charge is -2.11. The van der Waals surface area contributed by atoms with Gasteiger partial charge in [-0.1, -0.05) is 61.2 Å². The van der Waals surface area contributed by atoms with Crippen LogP contribution in [0.15, 0.2) is 73.0 Å². The van der Waals surface area contributed by atoms with Crippen LogP contribution in [-0.4, -0.2) is 0 Å². The van der Waals surface area contributed by atoms with E-state index < -0.39 is 0 Å². The third-order valence-corrected chi connectivity index (χ3v) is 3.31. The second-order valence-corrected chi connectivity index (χ2v) is 4.89. The molecule has 2 aromatic rings. The molecule has 0 unspecified atom stereocenters. The van der Waals surface area contributed by atoms with E-state index in [0.29, 0.717) is 0 Å². The van der Waals surface area contributed by atoms with Crippen LogP contribution in [0.5, 0.6) is 0 Å². The maximum atomic E-state index is 3.66. The van der Waals surface area contributed by atoms with Crippen molar-refractivity contribution in [3.63, 3.8) is 0 Å². The molecule has 0 spiro atoms. The fourth-order valence-corrected chi connectivity index (χ4v) is 2.24. The third kappa shape index (κ3) is 3.39. The van der Waals surface area contributed by atoms with E-state index in [1.807, 2.05) is 6.08 Å². The minimum atomic E-state index is 0.911. The molecule has 0 saturated carbocycles. The Balaban J connectivity index is 2.24. The zero-order valence-electron chi connectivity index (χ0n) is 12.2. The summed E-state index contributed by atoms with van der Waals surface area (Å²) in [4.78, 5) is 0. The van der Waals surface area contributed by atoms with Gasteiger partial charge in [0.05, 0.1) is 0 Å². The first-order chi connectivity index (χ1) is 9.72. The summed E-state index contributed by atoms with van der Waals surface area (Å²) < 4.78 is 0. The Labute approximate surface area is 121 Å². The topological polar surface area (TPSA) is 12.0 Å². The summed E-state index contributed by atoms with van der Waals surface area (Å²) in [7, 11) is 0. The normalized spacial score (nSPS) is 12.0. The van der Waals surface area contributed by atoms with Crippen LogP contribution >= 0.6 is 0 Å². The van der Waals surface area contributed by atoms with Crippen LogP contribution in [0.25, 0.3) is 10.8 Å². The van der Waals surface area contributed by atoms with Gasteiger partial charge in [0.15, 0.2) is 0 Å². The molecule has 0 bridgehead atoms. The lowest BCUT2D eigenvalue weighted by molar-refractivity contribution is 1.28. The predicted molar refractivity (Wildman–Crippen MR) is 90.0 cm³/mol. The molecule has 0 radical (unpaired) electrons. The van der Waals surface area contributed by atoms with Crippen LogP contribution in [0, 0.1) is 6.92 Å². The highest BCUT2D eigenvalue weighted by molar-refractivity contribution is 5.96. The fraction of sp³-hybridized carbons (Fsp3) is 0.158. The highest BCUT2D eigenvalue weighted by Crippen LogP contribution is 2.27. The number of fused-ring (bicyclic) bond motifs is 1. The molecule has 102 valence electrons. The van der Waals surface area contributed by atoms with Gasteiger partial charge in [-0.25, -0.2) is 0 Å². The van der Waals surface area contributed by atoms with Crippen molar-refractivity contribution in [2.24, 2.45) is 0 Å². The average Bonchev–Trinajstić information content (AvgIpc) is 2.47. The summed E-state index contributed by atoms with van der Waals surface area (Å²) in [5.74, 6) is 0. The summed E-state index contributed by atoms with van der Waals surface area (Å²) in [5, 5.41) is 6.06. The van der Waals surface area contributed by atoms with Crippen molar-refractivity contribution in [3.05, 3.63) is 78.5 Å². The van der Waals surface area contributed by atoms with E-state index in [9.17, 15) is 0 Å². The van der Waals surface area contributed by atoms with E-state index in [0.717, 1.165) is 17.8 Å². The van der Waals surface area contributed by atoms with Crippen LogP contribution in [0.2, 0.25) is 0 Å². The van der Waals surface area contributed by atoms with Crippen molar-refractivity contribution in [1.29, 1.82) is 0 Å². The first kappa shape index (κ1) is 14.1. The molecule has 1 N–H and O–H groups in total. The molecule has 1 nitrogen and oxygen atoms in total. The van der Waals surface area contributed by atoms with Crippen LogP contribution < -0.4 is 5.32 Å². The van der Waals surface area contributed by atoms with E-state index in [1.165, 1.54) is 16.3 Å². The summed E-state index contributed by atoms with van der Waals surface area (Å²) in [6.07, 6.45) is 8.93. The van der Waals surface area contributed by atoms with E-state index in [4.69, 9.17) is 0 Å². The molecule has 0 aliphatic rings. The number of nitrogens with one attached hydrogen (secondary N) is 1. The fourth-order valence-electron chi connectivity index (χ4n) is 2.24. The predicted octanol–water partition coefficient (Wildman–Crippen LogP) is 5.60. The number of hydrogen-bond donors (Lipinski definition) is 1. The molecule has 0 aliphatic carbocycles. The van der Waals surface area contributed by atoms with E-state index >= 15 is 0 Å². The number of hydrogen-bond acceptors (Lipinski definition) is 1. The highest BCUT2D eigenvalue weighted by atomic mass is 14.9. The van der Waals surface area contributed by atoms with Crippen molar-refractivity contribution >= 4 is 16.5 Å². The number of benzene rings is 2. The average molecular weight is 263 g/mol. The van der Waals surface area contributed by atoms with Crippen LogP contribution in [0.1, 0.15) is 18.9 Å². The molecule has 0 saturated heterocycles. The Kier molecular flexibility index (Phi) is 4.78. The quantitative estimate of drug-likeness (QED) is 0.693. The molecule has 0 atom stereocenters. The van der Waals surface area contributed by atoms with Crippen LogP contribution in [0.3, 0.4) is 0 Å². The number of allylic oxidation sites excluding steroid dienone is 5. The van der Waals surface area contributed by atoms with Gasteiger partial charge in [0, 0.05) is 16.8 Å². The van der Waals surface area contributed by atoms with Gasteiger partial charge in [0.25, 0.3) is 0 Å². The Morgan fingerprint density at radius 3 is 2.65 bits per heavy atom. The van der Waals surface area contributed by atoms with Gasteiger partial charge in [0.1, 0.15) is 0 Å². The molecule has 0 heterocycles. The maximum absolute atomic E-state index is 3.66. The second kappa shape index (κ2) is 6.76. The third-order valence-electron chi connectivity index (χ3n) is 3.31. The molecule has 20 heavy (non-hydrogen) atoms. The summed E-state index contributed by atoms with van der Waals surface area (Å²) in [5.41, 5.74) is 3.63. The summed E-state index contributed by atoms with van der Waals surface area (Å²) in [6.45, 7) is 7.91. The molecular formula is C19H21N. The van der Waals surface area contributed by atoms with Crippen molar-refractivity contribution in [2.75, 3.05) is 5.32 Å². The summed E-state index contributed by atoms with van der Waals surface area (Å²) >= 11 is 0. The minimum Gasteiger partial charge on any atom is -0.359 e. The Bertz CT molecular complexity index is 663. The molecule has 2 rings (SSSR count). The molecular weight excluding hydrogens is 242 g/mol. The van der Waals surface area contributed by atoms with Gasteiger partial charge in [-0.15, -0.1) is 0 Å². The highest BCUT2D eigenvalue weighted by Gasteiger charge is 2.02. The van der Waals surface area contributed by atoms with Gasteiger partial charge in [-0.3, -0.25) is 0 Å². The Morgan fingerprint density at radius 2 is 1.90 bits per heavy atom. The lowest BCUT2D eigenvalue weighted by Crippen LogP contribution is -1.96. The zero-order valence-corrected chi connectivity index (χ0v) is 12.2. The Hall–Kier alpha value is -2.28. The first-order valence-electron chi connectivity index (χ1n) is 6.92. The second-order valence-electron chi connectivity index (χ2n) is 4.89. The van der Waals surface area contributed by atoms with Gasteiger partial charge in [-0.2, -0.15) is 0 Å². The SMILES string of the molecule is C=C/C=C\C/C=C(\C)Nc1ccc(C)c2ccccc12. The largest absolute Gasteiger partial charge is 0.359 e. The smallest absolute Gasteiger partial charge is 0.0461 e. The van der Waals surface area contributed by atoms with Crippen LogP contribution in [-0.2, 0) is 0 Å². The first-order valence-corrected chi connectivity index (χ1v) is 6.92. The van der Waals surface area contributed by atoms with Crippen molar-refractivity contribution in [1.82, 2.24) is 0 Å². The van der Waals surface area contributed by atoms with Crippen molar-refractivity contribution in [3.8, 4) is 0 Å². The van der Waals surface area contributed by atoms with Gasteiger partial charge < -0.3 is 5.32 Å². The van der Waals surface area contributed by atoms with Gasteiger partial charge >= 0.3 is 0 Å². The summed E-state index contributed by atoms with van der Waals surface area (Å²) in [6, 6.07) is 12.8. The van der Waals surface area contributed by atoms with E-state index in [2.05, 4.69) is 74.3 Å². The monoisotopic (exact) mass is 263 g/mol. The molecule has 1 heteroatoms.